The van der Waals surface area contributed by atoms with E-state index in [1.807, 2.05) is 30.8 Å². The van der Waals surface area contributed by atoms with Crippen molar-refractivity contribution in [3.8, 4) is 0 Å². The molecule has 8 heteroatoms. The number of fused-ring (bicyclic) bond motifs is 1. The predicted octanol–water partition coefficient (Wildman–Crippen LogP) is 1.03. The van der Waals surface area contributed by atoms with Gasteiger partial charge in [0.05, 0.1) is 11.4 Å². The molecule has 0 aliphatic carbocycles. The minimum atomic E-state index is -0.0956. The van der Waals surface area contributed by atoms with Crippen molar-refractivity contribution in [1.29, 1.82) is 0 Å². The summed E-state index contributed by atoms with van der Waals surface area (Å²) in [6.07, 6.45) is 2.75. The van der Waals surface area contributed by atoms with Gasteiger partial charge in [-0.15, -0.1) is 0 Å². The van der Waals surface area contributed by atoms with Crippen LogP contribution in [0.15, 0.2) is 16.8 Å². The zero-order chi connectivity index (χ0) is 17.8. The standard InChI is InChI=1S/C17H25N5O3/c1-12-16(13(2)25-20-12)10-21-9-15-4-6-19-22(15)7-5-14(21)8-18-17(23)11-24-3/h4,6,14H,5,7-11H2,1-3H3,(H,18,23)/t14-/m0/s1. The summed E-state index contributed by atoms with van der Waals surface area (Å²) < 4.78 is 12.2. The van der Waals surface area contributed by atoms with Crippen molar-refractivity contribution >= 4 is 5.91 Å². The van der Waals surface area contributed by atoms with Crippen molar-refractivity contribution in [3.05, 3.63) is 35.0 Å². The van der Waals surface area contributed by atoms with Crippen LogP contribution in [0.1, 0.15) is 29.1 Å². The number of methoxy groups -OCH3 is 1. The molecule has 0 bridgehead atoms. The lowest BCUT2D eigenvalue weighted by Crippen LogP contribution is -2.43. The van der Waals surface area contributed by atoms with Crippen LogP contribution in [0.3, 0.4) is 0 Å². The van der Waals surface area contributed by atoms with Crippen LogP contribution < -0.4 is 5.32 Å². The van der Waals surface area contributed by atoms with Gasteiger partial charge in [-0.2, -0.15) is 5.10 Å². The van der Waals surface area contributed by atoms with Crippen molar-refractivity contribution in [2.75, 3.05) is 20.3 Å². The molecule has 2 aromatic heterocycles. The third-order valence-electron chi connectivity index (χ3n) is 4.71. The van der Waals surface area contributed by atoms with Crippen molar-refractivity contribution < 1.29 is 14.1 Å². The van der Waals surface area contributed by atoms with Gasteiger partial charge >= 0.3 is 0 Å². The lowest BCUT2D eigenvalue weighted by atomic mass is 10.1. The Kier molecular flexibility index (Phi) is 5.50. The van der Waals surface area contributed by atoms with E-state index < -0.39 is 0 Å². The van der Waals surface area contributed by atoms with Crippen LogP contribution in [0, 0.1) is 13.8 Å². The van der Waals surface area contributed by atoms with Crippen LogP contribution in [0.4, 0.5) is 0 Å². The van der Waals surface area contributed by atoms with E-state index in [2.05, 4.69) is 20.5 Å². The van der Waals surface area contributed by atoms with Gasteiger partial charge in [0.1, 0.15) is 12.4 Å². The maximum atomic E-state index is 11.8. The SMILES string of the molecule is COCC(=O)NC[C@@H]1CCn2nccc2CN1Cc1c(C)noc1C. The fourth-order valence-electron chi connectivity index (χ4n) is 3.25. The molecule has 25 heavy (non-hydrogen) atoms. The monoisotopic (exact) mass is 347 g/mol. The molecule has 2 aromatic rings. The molecule has 1 aliphatic heterocycles. The average molecular weight is 347 g/mol. The zero-order valence-corrected chi connectivity index (χ0v) is 15.0. The van der Waals surface area contributed by atoms with E-state index in [9.17, 15) is 4.79 Å². The largest absolute Gasteiger partial charge is 0.375 e. The van der Waals surface area contributed by atoms with E-state index in [4.69, 9.17) is 9.26 Å². The van der Waals surface area contributed by atoms with Gasteiger partial charge in [-0.05, 0) is 26.3 Å². The van der Waals surface area contributed by atoms with Gasteiger partial charge < -0.3 is 14.6 Å². The zero-order valence-electron chi connectivity index (χ0n) is 15.0. The van der Waals surface area contributed by atoms with E-state index in [-0.39, 0.29) is 18.6 Å². The maximum absolute atomic E-state index is 11.8. The molecule has 1 amide bonds. The van der Waals surface area contributed by atoms with Crippen LogP contribution in [0.5, 0.6) is 0 Å². The molecular weight excluding hydrogens is 322 g/mol. The fraction of sp³-hybridized carbons (Fsp3) is 0.588. The highest BCUT2D eigenvalue weighted by molar-refractivity contribution is 5.77. The van der Waals surface area contributed by atoms with Gasteiger partial charge in [0, 0.05) is 51.1 Å². The van der Waals surface area contributed by atoms with Crippen molar-refractivity contribution in [2.24, 2.45) is 0 Å². The van der Waals surface area contributed by atoms with E-state index >= 15 is 0 Å². The lowest BCUT2D eigenvalue weighted by molar-refractivity contribution is -0.125. The van der Waals surface area contributed by atoms with Crippen molar-refractivity contribution in [3.63, 3.8) is 0 Å². The summed E-state index contributed by atoms with van der Waals surface area (Å²) in [5.41, 5.74) is 3.20. The first-order chi connectivity index (χ1) is 12.1. The molecule has 1 aliphatic rings. The summed E-state index contributed by atoms with van der Waals surface area (Å²) >= 11 is 0. The topological polar surface area (TPSA) is 85.4 Å². The number of aromatic nitrogens is 3. The van der Waals surface area contributed by atoms with Crippen molar-refractivity contribution in [2.45, 2.75) is 45.9 Å². The van der Waals surface area contributed by atoms with Gasteiger partial charge in [-0.25, -0.2) is 0 Å². The molecule has 3 rings (SSSR count). The van der Waals surface area contributed by atoms with Crippen LogP contribution >= 0.6 is 0 Å². The van der Waals surface area contributed by atoms with E-state index in [0.29, 0.717) is 6.54 Å². The first-order valence-corrected chi connectivity index (χ1v) is 8.50. The second-order valence-electron chi connectivity index (χ2n) is 6.43. The van der Waals surface area contributed by atoms with Crippen molar-refractivity contribution in [1.82, 2.24) is 25.2 Å². The highest BCUT2D eigenvalue weighted by Crippen LogP contribution is 2.22. The number of carbonyl (C=O) groups is 1. The summed E-state index contributed by atoms with van der Waals surface area (Å²) in [5, 5.41) is 11.4. The average Bonchev–Trinajstić information content (AvgIpc) is 3.11. The number of hydrogen-bond acceptors (Lipinski definition) is 6. The highest BCUT2D eigenvalue weighted by atomic mass is 16.5. The molecule has 0 aromatic carbocycles. The van der Waals surface area contributed by atoms with E-state index in [0.717, 1.165) is 43.1 Å². The summed E-state index contributed by atoms with van der Waals surface area (Å²) in [6.45, 7) is 6.90. The maximum Gasteiger partial charge on any atom is 0.246 e. The second kappa shape index (κ2) is 7.79. The van der Waals surface area contributed by atoms with Crippen LogP contribution in [-0.2, 0) is 29.2 Å². The molecule has 0 unspecified atom stereocenters. The number of nitrogens with zero attached hydrogens (tertiary/aromatic N) is 4. The molecular formula is C17H25N5O3. The van der Waals surface area contributed by atoms with Crippen LogP contribution in [-0.4, -0.2) is 52.0 Å². The molecule has 3 heterocycles. The molecule has 1 atom stereocenters. The first-order valence-electron chi connectivity index (χ1n) is 8.50. The second-order valence-corrected chi connectivity index (χ2v) is 6.43. The quantitative estimate of drug-likeness (QED) is 0.840. The van der Waals surface area contributed by atoms with Crippen LogP contribution in [0.2, 0.25) is 0 Å². The summed E-state index contributed by atoms with van der Waals surface area (Å²) in [5.74, 6) is 0.749. The molecule has 0 radical (unpaired) electrons. The Labute approximate surface area is 147 Å². The normalized spacial score (nSPS) is 18.0. The fourth-order valence-corrected chi connectivity index (χ4v) is 3.25. The van der Waals surface area contributed by atoms with Crippen LogP contribution in [0.25, 0.3) is 0 Å². The van der Waals surface area contributed by atoms with Gasteiger partial charge in [0.15, 0.2) is 0 Å². The van der Waals surface area contributed by atoms with Gasteiger partial charge in [0.25, 0.3) is 0 Å². The Morgan fingerprint density at radius 2 is 2.32 bits per heavy atom. The number of rotatable bonds is 6. The Hall–Kier alpha value is -2.19. The minimum absolute atomic E-state index is 0.0815. The molecule has 1 N–H and O–H groups in total. The highest BCUT2D eigenvalue weighted by Gasteiger charge is 2.26. The number of aryl methyl sites for hydroxylation is 3. The predicted molar refractivity (Wildman–Crippen MR) is 90.7 cm³/mol. The van der Waals surface area contributed by atoms with Gasteiger partial charge in [-0.1, -0.05) is 5.16 Å². The first kappa shape index (κ1) is 17.6. The number of carbonyl (C=O) groups excluding carboxylic acids is 1. The summed E-state index contributed by atoms with van der Waals surface area (Å²) in [6, 6.07) is 2.25. The third kappa shape index (κ3) is 4.08. The minimum Gasteiger partial charge on any atom is -0.375 e. The Balaban J connectivity index is 1.76. The van der Waals surface area contributed by atoms with Gasteiger partial charge in [-0.3, -0.25) is 14.4 Å². The Bertz CT molecular complexity index is 704. The lowest BCUT2D eigenvalue weighted by Gasteiger charge is -2.29. The summed E-state index contributed by atoms with van der Waals surface area (Å²) in [7, 11) is 1.52. The molecule has 0 spiro atoms. The number of nitrogens with one attached hydrogen (secondary N) is 1. The van der Waals surface area contributed by atoms with E-state index in [1.54, 1.807) is 0 Å². The smallest absolute Gasteiger partial charge is 0.246 e. The number of amides is 1. The molecule has 0 fully saturated rings. The summed E-state index contributed by atoms with van der Waals surface area (Å²) in [4.78, 5) is 14.1. The third-order valence-corrected chi connectivity index (χ3v) is 4.71. The van der Waals surface area contributed by atoms with Gasteiger partial charge in [0.2, 0.25) is 5.91 Å². The Morgan fingerprint density at radius 1 is 1.48 bits per heavy atom. The molecule has 136 valence electrons. The Morgan fingerprint density at radius 3 is 3.04 bits per heavy atom. The molecule has 8 nitrogen and oxygen atoms in total. The molecule has 0 saturated heterocycles. The number of ether oxygens (including phenoxy) is 1. The molecule has 0 saturated carbocycles. The van der Waals surface area contributed by atoms with E-state index in [1.165, 1.54) is 12.8 Å². The number of hydrogen-bond donors (Lipinski definition) is 1.